The minimum Gasteiger partial charge on any atom is -0.390 e. The Balaban J connectivity index is 1.49. The van der Waals surface area contributed by atoms with Gasteiger partial charge in [0.05, 0.1) is 29.7 Å². The Kier molecular flexibility index (Phi) is 5.55. The quantitative estimate of drug-likeness (QED) is 0.590. The summed E-state index contributed by atoms with van der Waals surface area (Å²) in [6.45, 7) is 5.39. The number of hydrogen-bond donors (Lipinski definition) is 3. The lowest BCUT2D eigenvalue weighted by Crippen LogP contribution is -2.61. The van der Waals surface area contributed by atoms with Crippen molar-refractivity contribution in [3.63, 3.8) is 0 Å². The zero-order chi connectivity index (χ0) is 21.5. The van der Waals surface area contributed by atoms with E-state index >= 15 is 0 Å². The van der Waals surface area contributed by atoms with E-state index in [-0.39, 0.29) is 24.5 Å². The summed E-state index contributed by atoms with van der Waals surface area (Å²) in [6.07, 6.45) is 9.45. The Labute approximate surface area is 176 Å². The zero-order valence-electron chi connectivity index (χ0n) is 17.6. The van der Waals surface area contributed by atoms with E-state index in [1.165, 1.54) is 6.92 Å². The number of aromatic nitrogens is 2. The number of ether oxygens (including phenoxy) is 1. The molecule has 0 spiro atoms. The fourth-order valence-electron chi connectivity index (χ4n) is 5.86. The van der Waals surface area contributed by atoms with Crippen LogP contribution in [0.25, 0.3) is 6.20 Å². The van der Waals surface area contributed by atoms with Crippen molar-refractivity contribution in [1.29, 1.82) is 0 Å². The van der Waals surface area contributed by atoms with Crippen LogP contribution in [0.15, 0.2) is 24.5 Å². The number of aliphatic hydroxyl groups is 1. The summed E-state index contributed by atoms with van der Waals surface area (Å²) >= 11 is 0. The molecule has 4 aliphatic carbocycles. The van der Waals surface area contributed by atoms with E-state index in [1.807, 2.05) is 0 Å². The van der Waals surface area contributed by atoms with E-state index in [0.717, 1.165) is 32.1 Å². The summed E-state index contributed by atoms with van der Waals surface area (Å²) in [6, 6.07) is 0.100. The van der Waals surface area contributed by atoms with Gasteiger partial charge >= 0.3 is 0 Å². The number of nitrogens with zero attached hydrogens (tertiary/aromatic N) is 2. The lowest BCUT2D eigenvalue weighted by atomic mass is 9.52. The SMILES string of the molecule is C=C(/C=C/n1ncc(C(=O)N[C@H]2C3CC4CC2C[C@](O)(C4)C3)c1COC)NC(C)=O. The zero-order valence-corrected chi connectivity index (χ0v) is 17.6. The maximum absolute atomic E-state index is 13.1. The van der Waals surface area contributed by atoms with Crippen LogP contribution in [0.4, 0.5) is 0 Å². The Morgan fingerprint density at radius 1 is 1.37 bits per heavy atom. The van der Waals surface area contributed by atoms with Gasteiger partial charge in [-0.1, -0.05) is 6.58 Å². The van der Waals surface area contributed by atoms with Gasteiger partial charge in [0.1, 0.15) is 0 Å². The molecule has 2 amide bonds. The van der Waals surface area contributed by atoms with Crippen molar-refractivity contribution in [3.05, 3.63) is 35.8 Å². The average Bonchev–Trinajstić information content (AvgIpc) is 3.04. The molecule has 0 saturated heterocycles. The highest BCUT2D eigenvalue weighted by molar-refractivity contribution is 5.95. The van der Waals surface area contributed by atoms with E-state index < -0.39 is 5.60 Å². The van der Waals surface area contributed by atoms with E-state index in [2.05, 4.69) is 22.3 Å². The highest BCUT2D eigenvalue weighted by Gasteiger charge is 2.55. The molecule has 2 unspecified atom stereocenters. The molecule has 1 heterocycles. The number of methoxy groups -OCH3 is 1. The number of carbonyl (C=O) groups is 2. The molecule has 0 aliphatic heterocycles. The molecule has 4 bridgehead atoms. The van der Waals surface area contributed by atoms with Crippen molar-refractivity contribution in [1.82, 2.24) is 20.4 Å². The monoisotopic (exact) mass is 414 g/mol. The summed E-state index contributed by atoms with van der Waals surface area (Å²) in [5.41, 5.74) is 1.01. The standard InChI is InChI=1S/C22H30N4O4/c1-13(24-14(2)27)4-5-26-19(12-30-3)18(11-23-26)21(28)25-20-16-6-15-7-17(20)10-22(29,8-15)9-16/h4-5,11,15-17,20,29H,1,6-10,12H2,2-3H3,(H,24,27)(H,25,28)/b5-4+/t15?,16?,17?,20-,22-. The molecule has 1 aromatic rings. The van der Waals surface area contributed by atoms with Gasteiger partial charge in [0.2, 0.25) is 5.91 Å². The van der Waals surface area contributed by atoms with Crippen LogP contribution in [0.5, 0.6) is 0 Å². The number of amides is 2. The molecule has 3 N–H and O–H groups in total. The van der Waals surface area contributed by atoms with Crippen LogP contribution in [0.2, 0.25) is 0 Å². The van der Waals surface area contributed by atoms with Crippen molar-refractivity contribution in [2.75, 3.05) is 7.11 Å². The lowest BCUT2D eigenvalue weighted by Gasteiger charge is -2.58. The highest BCUT2D eigenvalue weighted by Crippen LogP contribution is 2.55. The largest absolute Gasteiger partial charge is 0.390 e. The summed E-state index contributed by atoms with van der Waals surface area (Å²) < 4.78 is 6.85. The number of nitrogens with one attached hydrogen (secondary N) is 2. The third-order valence-corrected chi connectivity index (χ3v) is 6.72. The molecule has 8 nitrogen and oxygen atoms in total. The third kappa shape index (κ3) is 4.06. The smallest absolute Gasteiger partial charge is 0.255 e. The van der Waals surface area contributed by atoms with Crippen LogP contribution in [-0.4, -0.2) is 45.5 Å². The first-order chi connectivity index (χ1) is 14.3. The van der Waals surface area contributed by atoms with Crippen LogP contribution in [0.1, 0.15) is 55.1 Å². The molecule has 8 heteroatoms. The maximum Gasteiger partial charge on any atom is 0.255 e. The second-order valence-corrected chi connectivity index (χ2v) is 9.10. The highest BCUT2D eigenvalue weighted by atomic mass is 16.5. The average molecular weight is 415 g/mol. The van der Waals surface area contributed by atoms with Gasteiger partial charge < -0.3 is 20.5 Å². The minimum atomic E-state index is -0.523. The Morgan fingerprint density at radius 2 is 2.07 bits per heavy atom. The molecule has 162 valence electrons. The molecule has 5 rings (SSSR count). The van der Waals surface area contributed by atoms with Crippen molar-refractivity contribution >= 4 is 18.0 Å². The van der Waals surface area contributed by atoms with Gasteiger partial charge in [0, 0.05) is 32.0 Å². The van der Waals surface area contributed by atoms with Gasteiger partial charge in [-0.2, -0.15) is 5.10 Å². The first-order valence-corrected chi connectivity index (χ1v) is 10.5. The molecule has 4 saturated carbocycles. The Bertz CT molecular complexity index is 874. The van der Waals surface area contributed by atoms with Crippen molar-refractivity contribution in [3.8, 4) is 0 Å². The van der Waals surface area contributed by atoms with Crippen molar-refractivity contribution < 1.29 is 19.4 Å². The van der Waals surface area contributed by atoms with Crippen LogP contribution in [-0.2, 0) is 16.1 Å². The number of hydrogen-bond acceptors (Lipinski definition) is 5. The summed E-state index contributed by atoms with van der Waals surface area (Å²) in [5.74, 6) is 0.905. The summed E-state index contributed by atoms with van der Waals surface area (Å²) in [5, 5.41) is 20.9. The summed E-state index contributed by atoms with van der Waals surface area (Å²) in [4.78, 5) is 24.3. The maximum atomic E-state index is 13.1. The topological polar surface area (TPSA) is 105 Å². The van der Waals surface area contributed by atoms with Crippen molar-refractivity contribution in [2.45, 2.75) is 57.3 Å². The molecule has 1 aromatic heterocycles. The second-order valence-electron chi connectivity index (χ2n) is 9.10. The van der Waals surface area contributed by atoms with E-state index in [9.17, 15) is 14.7 Å². The fourth-order valence-corrected chi connectivity index (χ4v) is 5.86. The van der Waals surface area contributed by atoms with E-state index in [1.54, 1.807) is 30.3 Å². The lowest BCUT2D eigenvalue weighted by molar-refractivity contribution is -0.136. The van der Waals surface area contributed by atoms with Gasteiger partial charge in [-0.15, -0.1) is 0 Å². The van der Waals surface area contributed by atoms with Crippen LogP contribution in [0.3, 0.4) is 0 Å². The Hall–Kier alpha value is -2.45. The van der Waals surface area contributed by atoms with Gasteiger partial charge in [0.25, 0.3) is 5.91 Å². The summed E-state index contributed by atoms with van der Waals surface area (Å²) in [7, 11) is 1.57. The fraction of sp³-hybridized carbons (Fsp3) is 0.591. The van der Waals surface area contributed by atoms with Gasteiger partial charge in [0.15, 0.2) is 0 Å². The van der Waals surface area contributed by atoms with Crippen molar-refractivity contribution in [2.24, 2.45) is 17.8 Å². The molecular weight excluding hydrogens is 384 g/mol. The van der Waals surface area contributed by atoms with Gasteiger partial charge in [-0.3, -0.25) is 9.59 Å². The van der Waals surface area contributed by atoms with Crippen LogP contribution < -0.4 is 10.6 Å². The first kappa shape index (κ1) is 20.8. The number of carbonyl (C=O) groups excluding carboxylic acids is 2. The molecular formula is C22H30N4O4. The predicted octanol–water partition coefficient (Wildman–Crippen LogP) is 1.82. The van der Waals surface area contributed by atoms with E-state index in [0.29, 0.717) is 34.7 Å². The van der Waals surface area contributed by atoms with Gasteiger partial charge in [-0.05, 0) is 55.9 Å². The molecule has 0 radical (unpaired) electrons. The molecule has 0 aromatic carbocycles. The normalized spacial score (nSPS) is 31.8. The minimum absolute atomic E-state index is 0.100. The van der Waals surface area contributed by atoms with Crippen LogP contribution >= 0.6 is 0 Å². The van der Waals surface area contributed by atoms with E-state index in [4.69, 9.17) is 4.74 Å². The third-order valence-electron chi connectivity index (χ3n) is 6.72. The predicted molar refractivity (Wildman–Crippen MR) is 111 cm³/mol. The molecule has 4 aliphatic rings. The number of allylic oxidation sites excluding steroid dienone is 1. The molecule has 4 fully saturated rings. The number of rotatable bonds is 7. The molecule has 30 heavy (non-hydrogen) atoms. The second kappa shape index (κ2) is 8.00. The van der Waals surface area contributed by atoms with Gasteiger partial charge in [-0.25, -0.2) is 4.68 Å². The molecule has 2 atom stereocenters. The first-order valence-electron chi connectivity index (χ1n) is 10.5. The Morgan fingerprint density at radius 3 is 2.67 bits per heavy atom. The van der Waals surface area contributed by atoms with Crippen LogP contribution in [0, 0.1) is 17.8 Å².